The molecule has 6 heavy (non-hydrogen) atoms. The van der Waals surface area contributed by atoms with Crippen molar-refractivity contribution in [3.05, 3.63) is 0 Å². The summed E-state index contributed by atoms with van der Waals surface area (Å²) >= 11 is 5.70. The van der Waals surface area contributed by atoms with Crippen LogP contribution in [-0.2, 0) is 0 Å². The van der Waals surface area contributed by atoms with Gasteiger partial charge in [0, 0.05) is 0 Å². The molecule has 0 rings (SSSR count). The van der Waals surface area contributed by atoms with Crippen molar-refractivity contribution in [3.8, 4) is 0 Å². The molecule has 0 spiro atoms. The summed E-state index contributed by atoms with van der Waals surface area (Å²) in [5, 5.41) is 0. The van der Waals surface area contributed by atoms with E-state index in [0.717, 1.165) is 0 Å². The summed E-state index contributed by atoms with van der Waals surface area (Å²) in [6.07, 6.45) is 0. The van der Waals surface area contributed by atoms with E-state index >= 15 is 0 Å². The van der Waals surface area contributed by atoms with Crippen LogP contribution in [0.3, 0.4) is 0 Å². The second-order valence-corrected chi connectivity index (χ2v) is 8.38. The van der Waals surface area contributed by atoms with E-state index in [-0.39, 0.29) is 0 Å². The van der Waals surface area contributed by atoms with Crippen LogP contribution < -0.4 is 4.65 Å². The average molecular weight is 137 g/mol. The van der Waals surface area contributed by atoms with E-state index in [0.29, 0.717) is 0 Å². The van der Waals surface area contributed by atoms with Crippen LogP contribution in [-0.4, -0.2) is 17.9 Å². The third-order valence-electron chi connectivity index (χ3n) is 0.297. The summed E-state index contributed by atoms with van der Waals surface area (Å²) in [6, 6.07) is 0. The molecule has 0 aromatic heterocycles. The third kappa shape index (κ3) is 4.68. The summed E-state index contributed by atoms with van der Waals surface area (Å²) in [6.45, 7) is 3.98. The Bertz CT molecular complexity index is 41.3. The van der Waals surface area contributed by atoms with Gasteiger partial charge in [-0.3, -0.25) is 0 Å². The van der Waals surface area contributed by atoms with Gasteiger partial charge >= 0.3 is 0 Å². The summed E-state index contributed by atoms with van der Waals surface area (Å²) in [4.78, 5) is 0. The van der Waals surface area contributed by atoms with Gasteiger partial charge in [-0.25, -0.2) is 0 Å². The molecule has 0 aliphatic carbocycles. The highest BCUT2D eigenvalue weighted by Gasteiger charge is 2.11. The molecular formula is C2H7ClNSi2. The van der Waals surface area contributed by atoms with Crippen LogP contribution in [0.2, 0.25) is 13.1 Å². The van der Waals surface area contributed by atoms with Gasteiger partial charge in [-0.15, -0.1) is 11.1 Å². The predicted octanol–water partition coefficient (Wildman–Crippen LogP) is 0.600. The van der Waals surface area contributed by atoms with Crippen molar-refractivity contribution < 1.29 is 0 Å². The first kappa shape index (κ1) is 6.68. The Balaban J connectivity index is 3.17. The van der Waals surface area contributed by atoms with Crippen molar-refractivity contribution in [2.75, 3.05) is 0 Å². The number of rotatable bonds is 1. The van der Waals surface area contributed by atoms with E-state index in [4.69, 9.17) is 11.1 Å². The van der Waals surface area contributed by atoms with Crippen molar-refractivity contribution in [1.82, 2.24) is 4.65 Å². The number of hydrogen-bond donors (Lipinski definition) is 1. The lowest BCUT2D eigenvalue weighted by atomic mass is 11.9. The minimum atomic E-state index is -1.50. The van der Waals surface area contributed by atoms with E-state index in [1.807, 2.05) is 13.1 Å². The normalized spacial score (nSPS) is 12.0. The van der Waals surface area contributed by atoms with Crippen LogP contribution >= 0.6 is 11.1 Å². The molecule has 0 aromatic rings. The molecule has 4 heteroatoms. The third-order valence-corrected chi connectivity index (χ3v) is 3.53. The van der Waals surface area contributed by atoms with Crippen molar-refractivity contribution in [2.45, 2.75) is 13.1 Å². The Morgan fingerprint density at radius 3 is 1.83 bits per heavy atom. The van der Waals surface area contributed by atoms with Crippen LogP contribution in [0.15, 0.2) is 0 Å². The molecule has 0 aliphatic heterocycles. The van der Waals surface area contributed by atoms with Crippen LogP contribution in [0.5, 0.6) is 0 Å². The highest BCUT2D eigenvalue weighted by molar-refractivity contribution is 7.18. The molecule has 0 aromatic carbocycles. The maximum atomic E-state index is 5.70. The highest BCUT2D eigenvalue weighted by atomic mass is 35.6. The van der Waals surface area contributed by atoms with E-state index in [9.17, 15) is 0 Å². The summed E-state index contributed by atoms with van der Waals surface area (Å²) < 4.78 is 2.81. The molecule has 1 nitrogen and oxygen atoms in total. The van der Waals surface area contributed by atoms with Crippen molar-refractivity contribution in [2.24, 2.45) is 0 Å². The maximum absolute atomic E-state index is 5.70. The second kappa shape index (κ2) is 2.11. The zero-order chi connectivity index (χ0) is 5.21. The maximum Gasteiger partial charge on any atom is 0.213 e. The van der Waals surface area contributed by atoms with Crippen molar-refractivity contribution >= 4 is 29.0 Å². The van der Waals surface area contributed by atoms with Crippen LogP contribution in [0.1, 0.15) is 0 Å². The molecule has 0 fully saturated rings. The minimum absolute atomic E-state index is 1.50. The predicted molar refractivity (Wildman–Crippen MR) is 32.2 cm³/mol. The summed E-state index contributed by atoms with van der Waals surface area (Å²) in [5.41, 5.74) is 0. The lowest BCUT2D eigenvalue weighted by Crippen LogP contribution is -2.36. The van der Waals surface area contributed by atoms with E-state index < -0.39 is 7.55 Å². The fraction of sp³-hybridized carbons (Fsp3) is 1.00. The first-order valence-electron chi connectivity index (χ1n) is 1.69. The molecule has 0 saturated heterocycles. The first-order valence-corrected chi connectivity index (χ1v) is 6.20. The first-order chi connectivity index (χ1) is 2.56. The lowest BCUT2D eigenvalue weighted by Gasteiger charge is -2.07. The van der Waals surface area contributed by atoms with Gasteiger partial charge in [0.15, 0.2) is 0 Å². The molecule has 3 radical (unpaired) electrons. The molecule has 0 aliphatic rings. The number of hydrogen-bond acceptors (Lipinski definition) is 1. The summed E-state index contributed by atoms with van der Waals surface area (Å²) in [7, 11) is 1.60. The minimum Gasteiger partial charge on any atom is -0.351 e. The monoisotopic (exact) mass is 136 g/mol. The van der Waals surface area contributed by atoms with Gasteiger partial charge in [0.05, 0.1) is 0 Å². The lowest BCUT2D eigenvalue weighted by molar-refractivity contribution is 1.51. The number of nitrogens with one attached hydrogen (secondary N) is 1. The molecular weight excluding hydrogens is 130 g/mol. The van der Waals surface area contributed by atoms with Crippen LogP contribution in [0.25, 0.3) is 0 Å². The quantitative estimate of drug-likeness (QED) is 0.411. The molecule has 35 valence electrons. The molecule has 0 bridgehead atoms. The van der Waals surface area contributed by atoms with Gasteiger partial charge in [-0.1, -0.05) is 0 Å². The Kier molecular flexibility index (Phi) is 2.35. The summed E-state index contributed by atoms with van der Waals surface area (Å²) in [5.74, 6) is 0. The molecule has 0 heterocycles. The molecule has 0 saturated carbocycles. The number of halogens is 1. The van der Waals surface area contributed by atoms with E-state index in [1.165, 1.54) is 0 Å². The standard InChI is InChI=1S/C2H7ClNSi2/c1-6(2,3)4-5/h4H,1-2H3. The topological polar surface area (TPSA) is 12.0 Å². The molecule has 0 amide bonds. The zero-order valence-corrected chi connectivity index (χ0v) is 6.63. The smallest absolute Gasteiger partial charge is 0.213 e. The molecule has 0 atom stereocenters. The fourth-order valence-corrected chi connectivity index (χ4v) is 0. The molecule has 1 N–H and O–H groups in total. The van der Waals surface area contributed by atoms with Crippen molar-refractivity contribution in [3.63, 3.8) is 0 Å². The SMILES string of the molecule is C[Si](C)(Cl)N[Si]. The van der Waals surface area contributed by atoms with Crippen LogP contribution in [0, 0.1) is 0 Å². The van der Waals surface area contributed by atoms with Gasteiger partial charge in [0.2, 0.25) is 7.55 Å². The Hall–Kier alpha value is 0.684. The fourth-order valence-electron chi connectivity index (χ4n) is 0. The van der Waals surface area contributed by atoms with E-state index in [2.05, 4.69) is 15.1 Å². The Morgan fingerprint density at radius 1 is 1.67 bits per heavy atom. The van der Waals surface area contributed by atoms with Crippen LogP contribution in [0.4, 0.5) is 0 Å². The Morgan fingerprint density at radius 2 is 1.83 bits per heavy atom. The van der Waals surface area contributed by atoms with E-state index in [1.54, 1.807) is 0 Å². The Labute approximate surface area is 47.4 Å². The van der Waals surface area contributed by atoms with Gasteiger partial charge in [-0.2, -0.15) is 0 Å². The van der Waals surface area contributed by atoms with Gasteiger partial charge in [-0.05, 0) is 13.1 Å². The zero-order valence-electron chi connectivity index (χ0n) is 3.88. The van der Waals surface area contributed by atoms with Crippen molar-refractivity contribution in [1.29, 1.82) is 0 Å². The largest absolute Gasteiger partial charge is 0.351 e. The van der Waals surface area contributed by atoms with Gasteiger partial charge < -0.3 is 4.65 Å². The molecule has 0 unspecified atom stereocenters. The van der Waals surface area contributed by atoms with Gasteiger partial charge in [0.1, 0.15) is 10.4 Å². The van der Waals surface area contributed by atoms with Gasteiger partial charge in [0.25, 0.3) is 0 Å². The second-order valence-electron chi connectivity index (χ2n) is 1.60. The average Bonchev–Trinajstić information content (AvgIpc) is 1.35. The highest BCUT2D eigenvalue weighted by Crippen LogP contribution is 1.98.